The number of hydrogen-bond donors (Lipinski definition) is 2. The molecule has 29 heavy (non-hydrogen) atoms. The van der Waals surface area contributed by atoms with Gasteiger partial charge in [-0.05, 0) is 91.4 Å². The first-order valence-corrected chi connectivity index (χ1v) is 11.1. The van der Waals surface area contributed by atoms with Crippen molar-refractivity contribution in [3.8, 4) is 12.1 Å². The van der Waals surface area contributed by atoms with Crippen LogP contribution in [0.25, 0.3) is 0 Å². The van der Waals surface area contributed by atoms with Crippen LogP contribution in [0, 0.1) is 57.2 Å². The number of rotatable bonds is 0. The molecule has 7 atom stereocenters. The van der Waals surface area contributed by atoms with Crippen molar-refractivity contribution in [1.29, 1.82) is 10.5 Å². The van der Waals surface area contributed by atoms with E-state index in [0.29, 0.717) is 29.2 Å². The SMILES string of the molecule is C[C@]12Cc3c([nH]c(=O)c(C#N)c3C#N)C[C@@H]1CC[C@@H]1[C@H]2CC[C@]2(C)[C@@H](O)CC[C@@H]12. The van der Waals surface area contributed by atoms with Gasteiger partial charge < -0.3 is 10.1 Å². The number of aliphatic hydroxyl groups excluding tert-OH is 1. The summed E-state index contributed by atoms with van der Waals surface area (Å²) in [7, 11) is 0. The molecule has 0 aromatic carbocycles. The number of aliphatic hydroxyl groups is 1. The van der Waals surface area contributed by atoms with Crippen molar-refractivity contribution in [3.63, 3.8) is 0 Å². The number of nitriles is 2. The molecule has 0 bridgehead atoms. The zero-order valence-corrected chi connectivity index (χ0v) is 17.3. The molecule has 0 radical (unpaired) electrons. The van der Waals surface area contributed by atoms with Crippen LogP contribution in [0.5, 0.6) is 0 Å². The van der Waals surface area contributed by atoms with Crippen LogP contribution < -0.4 is 5.56 Å². The molecule has 1 heterocycles. The van der Waals surface area contributed by atoms with Crippen molar-refractivity contribution in [3.05, 3.63) is 32.7 Å². The van der Waals surface area contributed by atoms with Crippen LogP contribution in [0.1, 0.15) is 74.8 Å². The van der Waals surface area contributed by atoms with Crippen molar-refractivity contribution in [2.24, 2.45) is 34.5 Å². The van der Waals surface area contributed by atoms with Crippen LogP contribution in [0.15, 0.2) is 4.79 Å². The normalized spacial score (nSPS) is 42.6. The van der Waals surface area contributed by atoms with E-state index in [0.717, 1.165) is 56.2 Å². The smallest absolute Gasteiger partial charge is 0.267 e. The van der Waals surface area contributed by atoms with Crippen LogP contribution in [-0.4, -0.2) is 16.2 Å². The van der Waals surface area contributed by atoms with E-state index in [9.17, 15) is 20.4 Å². The second kappa shape index (κ2) is 6.19. The summed E-state index contributed by atoms with van der Waals surface area (Å²) in [5.41, 5.74) is 1.77. The highest BCUT2D eigenvalue weighted by atomic mass is 16.3. The molecule has 3 saturated carbocycles. The van der Waals surface area contributed by atoms with Gasteiger partial charge in [-0.25, -0.2) is 0 Å². The molecular weight excluding hydrogens is 362 g/mol. The van der Waals surface area contributed by atoms with Gasteiger partial charge in [-0.2, -0.15) is 10.5 Å². The van der Waals surface area contributed by atoms with Crippen molar-refractivity contribution in [2.45, 2.75) is 71.3 Å². The second-order valence-corrected chi connectivity index (χ2v) is 10.6. The quantitative estimate of drug-likeness (QED) is 0.707. The van der Waals surface area contributed by atoms with E-state index in [1.54, 1.807) is 0 Å². The minimum absolute atomic E-state index is 0.0317. The van der Waals surface area contributed by atoms with Gasteiger partial charge in [0, 0.05) is 5.69 Å². The van der Waals surface area contributed by atoms with Gasteiger partial charge in [0.15, 0.2) is 0 Å². The number of nitrogens with one attached hydrogen (secondary N) is 1. The van der Waals surface area contributed by atoms with Crippen LogP contribution >= 0.6 is 0 Å². The zero-order chi connectivity index (χ0) is 20.6. The maximum absolute atomic E-state index is 12.3. The maximum Gasteiger partial charge on any atom is 0.267 e. The van der Waals surface area contributed by atoms with E-state index >= 15 is 0 Å². The van der Waals surface area contributed by atoms with Gasteiger partial charge >= 0.3 is 0 Å². The Kier molecular flexibility index (Phi) is 4.03. The van der Waals surface area contributed by atoms with Gasteiger partial charge in [-0.15, -0.1) is 0 Å². The molecule has 0 spiro atoms. The standard InChI is InChI=1S/C24H29N3O2/c1-23-8-7-19-14(18(23)5-6-21(23)28)4-3-13-9-20-15(10-24(13,19)2)16(11-25)17(12-26)22(29)27-20/h13-14,18-19,21,28H,3-10H2,1-2H3,(H,27,29)/t13-,14-,18-,19+,21-,23-,24-/m0/s1. The fraction of sp³-hybridized carbons (Fsp3) is 0.708. The number of nitrogens with zero attached hydrogens (tertiary/aromatic N) is 2. The van der Waals surface area contributed by atoms with Crippen LogP contribution in [-0.2, 0) is 12.8 Å². The third-order valence-corrected chi connectivity index (χ3v) is 9.65. The van der Waals surface area contributed by atoms with Gasteiger partial charge in [-0.1, -0.05) is 13.8 Å². The first-order chi connectivity index (χ1) is 13.8. The molecule has 0 amide bonds. The average Bonchev–Trinajstić information content (AvgIpc) is 3.00. The van der Waals surface area contributed by atoms with Gasteiger partial charge in [0.2, 0.25) is 0 Å². The Morgan fingerprint density at radius 2 is 1.72 bits per heavy atom. The first kappa shape index (κ1) is 18.9. The molecule has 5 rings (SSSR count). The number of H-pyrrole nitrogens is 1. The summed E-state index contributed by atoms with van der Waals surface area (Å²) >= 11 is 0. The summed E-state index contributed by atoms with van der Waals surface area (Å²) in [5, 5.41) is 29.8. The molecule has 5 heteroatoms. The van der Waals surface area contributed by atoms with E-state index in [1.165, 1.54) is 6.42 Å². The molecule has 0 aliphatic heterocycles. The highest BCUT2D eigenvalue weighted by molar-refractivity contribution is 5.52. The molecule has 0 saturated heterocycles. The lowest BCUT2D eigenvalue weighted by Crippen LogP contribution is -2.55. The Hall–Kier alpha value is -2.11. The number of aromatic amines is 1. The molecule has 4 aliphatic rings. The lowest BCUT2D eigenvalue weighted by atomic mass is 9.45. The van der Waals surface area contributed by atoms with Gasteiger partial charge in [0.05, 0.1) is 11.7 Å². The number of hydrogen-bond acceptors (Lipinski definition) is 4. The fourth-order valence-corrected chi connectivity index (χ4v) is 8.04. The summed E-state index contributed by atoms with van der Waals surface area (Å²) in [6.45, 7) is 4.69. The molecule has 3 fully saturated rings. The Morgan fingerprint density at radius 1 is 1.00 bits per heavy atom. The minimum Gasteiger partial charge on any atom is -0.393 e. The topological polar surface area (TPSA) is 101 Å². The highest BCUT2D eigenvalue weighted by Crippen LogP contribution is 2.65. The average molecular weight is 392 g/mol. The molecule has 2 N–H and O–H groups in total. The maximum atomic E-state index is 12.3. The summed E-state index contributed by atoms with van der Waals surface area (Å²) in [6, 6.07) is 4.13. The Bertz CT molecular complexity index is 1010. The van der Waals surface area contributed by atoms with Crippen LogP contribution in [0.4, 0.5) is 0 Å². The van der Waals surface area contributed by atoms with E-state index in [4.69, 9.17) is 0 Å². The zero-order valence-electron chi connectivity index (χ0n) is 17.3. The summed E-state index contributed by atoms with van der Waals surface area (Å²) in [6.07, 6.45) is 8.03. The Balaban J connectivity index is 1.57. The van der Waals surface area contributed by atoms with Crippen LogP contribution in [0.3, 0.4) is 0 Å². The largest absolute Gasteiger partial charge is 0.393 e. The van der Waals surface area contributed by atoms with E-state index in [2.05, 4.69) is 24.9 Å². The van der Waals surface area contributed by atoms with Crippen LogP contribution in [0.2, 0.25) is 0 Å². The first-order valence-electron chi connectivity index (χ1n) is 11.1. The third kappa shape index (κ3) is 2.37. The molecule has 4 aliphatic carbocycles. The van der Waals surface area contributed by atoms with E-state index < -0.39 is 5.56 Å². The molecule has 1 aromatic heterocycles. The van der Waals surface area contributed by atoms with E-state index in [1.807, 2.05) is 6.07 Å². The van der Waals surface area contributed by atoms with Gasteiger partial charge in [0.1, 0.15) is 17.7 Å². The van der Waals surface area contributed by atoms with Gasteiger partial charge in [0.25, 0.3) is 5.56 Å². The Morgan fingerprint density at radius 3 is 2.45 bits per heavy atom. The molecule has 152 valence electrons. The fourth-order valence-electron chi connectivity index (χ4n) is 8.04. The minimum atomic E-state index is -0.423. The predicted octanol–water partition coefficient (Wildman–Crippen LogP) is 3.44. The van der Waals surface area contributed by atoms with Crippen molar-refractivity contribution >= 4 is 0 Å². The second-order valence-electron chi connectivity index (χ2n) is 10.6. The molecule has 5 nitrogen and oxygen atoms in total. The Labute approximate surface area is 171 Å². The number of pyridine rings is 1. The lowest BCUT2D eigenvalue weighted by molar-refractivity contribution is -0.111. The molecular formula is C24H29N3O2. The predicted molar refractivity (Wildman–Crippen MR) is 108 cm³/mol. The van der Waals surface area contributed by atoms with Crippen molar-refractivity contribution in [2.75, 3.05) is 0 Å². The van der Waals surface area contributed by atoms with Gasteiger partial charge in [-0.3, -0.25) is 4.79 Å². The number of fused-ring (bicyclic) bond motifs is 6. The monoisotopic (exact) mass is 391 g/mol. The van der Waals surface area contributed by atoms with Crippen molar-refractivity contribution in [1.82, 2.24) is 4.98 Å². The van der Waals surface area contributed by atoms with Crippen molar-refractivity contribution < 1.29 is 5.11 Å². The molecule has 1 aromatic rings. The highest BCUT2D eigenvalue weighted by Gasteiger charge is 2.60. The number of aromatic nitrogens is 1. The summed E-state index contributed by atoms with van der Waals surface area (Å²) < 4.78 is 0. The lowest BCUT2D eigenvalue weighted by Gasteiger charge is -2.60. The third-order valence-electron chi connectivity index (χ3n) is 9.65. The van der Waals surface area contributed by atoms with E-state index in [-0.39, 0.29) is 22.5 Å². The summed E-state index contributed by atoms with van der Waals surface area (Å²) in [5.74, 6) is 2.32. The molecule has 0 unspecified atom stereocenters. The summed E-state index contributed by atoms with van der Waals surface area (Å²) in [4.78, 5) is 15.2.